The van der Waals surface area contributed by atoms with E-state index in [2.05, 4.69) is 5.32 Å². The van der Waals surface area contributed by atoms with Gasteiger partial charge in [-0.1, -0.05) is 0 Å². The summed E-state index contributed by atoms with van der Waals surface area (Å²) in [5.41, 5.74) is 5.37. The number of nitrogens with zero attached hydrogens (tertiary/aromatic N) is 2. The number of amides is 3. The highest BCUT2D eigenvalue weighted by atomic mass is 16.5. The summed E-state index contributed by atoms with van der Waals surface area (Å²) in [6, 6.07) is -0.200. The Morgan fingerprint density at radius 3 is 2.35 bits per heavy atom. The molecule has 0 aromatic heterocycles. The molecule has 3 fully saturated rings. The van der Waals surface area contributed by atoms with Crippen LogP contribution >= 0.6 is 0 Å². The van der Waals surface area contributed by atoms with Crippen LogP contribution in [-0.4, -0.2) is 79.0 Å². The minimum atomic E-state index is -0.453. The normalized spacial score (nSPS) is 29.6. The number of carbonyl (C=O) groups is 3. The van der Waals surface area contributed by atoms with E-state index in [0.717, 1.165) is 32.1 Å². The number of hydrogen-bond donors (Lipinski definition) is 2. The first kappa shape index (κ1) is 19.1. The number of rotatable bonds is 5. The SMILES string of the molecule is NC(=O)[C@@H]1CCCN1C(=O)CNC1CCC(C(=O)N2CCOCC2)CC1. The van der Waals surface area contributed by atoms with Crippen LogP contribution in [0.15, 0.2) is 0 Å². The molecular weight excluding hydrogens is 336 g/mol. The molecule has 1 saturated carbocycles. The van der Waals surface area contributed by atoms with E-state index in [0.29, 0.717) is 39.3 Å². The van der Waals surface area contributed by atoms with Crippen molar-refractivity contribution < 1.29 is 19.1 Å². The van der Waals surface area contributed by atoms with Crippen LogP contribution in [0, 0.1) is 5.92 Å². The van der Waals surface area contributed by atoms with E-state index in [9.17, 15) is 14.4 Å². The van der Waals surface area contributed by atoms with Gasteiger partial charge in [-0.15, -0.1) is 0 Å². The summed E-state index contributed by atoms with van der Waals surface area (Å²) in [7, 11) is 0. The Labute approximate surface area is 154 Å². The number of primary amides is 1. The van der Waals surface area contributed by atoms with Crippen LogP contribution in [0.5, 0.6) is 0 Å². The van der Waals surface area contributed by atoms with Crippen molar-refractivity contribution in [2.75, 3.05) is 39.4 Å². The highest BCUT2D eigenvalue weighted by molar-refractivity contribution is 5.88. The number of nitrogens with one attached hydrogen (secondary N) is 1. The van der Waals surface area contributed by atoms with Gasteiger partial charge in [0.15, 0.2) is 0 Å². The fourth-order valence-corrected chi connectivity index (χ4v) is 4.28. The second-order valence-corrected chi connectivity index (χ2v) is 7.51. The Morgan fingerprint density at radius 2 is 1.69 bits per heavy atom. The van der Waals surface area contributed by atoms with Crippen LogP contribution in [0.3, 0.4) is 0 Å². The molecular formula is C18H30N4O4. The Kier molecular flexibility index (Phi) is 6.48. The number of carbonyl (C=O) groups excluding carboxylic acids is 3. The molecule has 8 heteroatoms. The molecule has 1 aliphatic carbocycles. The summed E-state index contributed by atoms with van der Waals surface area (Å²) in [6.07, 6.45) is 5.00. The minimum absolute atomic E-state index is 0.0576. The van der Waals surface area contributed by atoms with Gasteiger partial charge in [0.1, 0.15) is 6.04 Å². The van der Waals surface area contributed by atoms with Gasteiger partial charge in [0.2, 0.25) is 17.7 Å². The Morgan fingerprint density at radius 1 is 1.00 bits per heavy atom. The lowest BCUT2D eigenvalue weighted by molar-refractivity contribution is -0.141. The smallest absolute Gasteiger partial charge is 0.240 e. The van der Waals surface area contributed by atoms with Crippen molar-refractivity contribution in [1.82, 2.24) is 15.1 Å². The molecule has 0 radical (unpaired) electrons. The summed E-state index contributed by atoms with van der Waals surface area (Å²) >= 11 is 0. The molecule has 0 unspecified atom stereocenters. The van der Waals surface area contributed by atoms with E-state index in [1.165, 1.54) is 0 Å². The molecule has 2 saturated heterocycles. The number of nitrogens with two attached hydrogens (primary N) is 1. The summed E-state index contributed by atoms with van der Waals surface area (Å²) in [5, 5.41) is 3.31. The molecule has 146 valence electrons. The van der Waals surface area contributed by atoms with Crippen molar-refractivity contribution in [3.05, 3.63) is 0 Å². The van der Waals surface area contributed by atoms with Crippen molar-refractivity contribution in [3.63, 3.8) is 0 Å². The highest BCUT2D eigenvalue weighted by Gasteiger charge is 2.33. The van der Waals surface area contributed by atoms with Gasteiger partial charge in [0, 0.05) is 31.6 Å². The molecule has 3 aliphatic rings. The van der Waals surface area contributed by atoms with E-state index in [1.807, 2.05) is 4.90 Å². The summed E-state index contributed by atoms with van der Waals surface area (Å²) in [4.78, 5) is 39.8. The maximum Gasteiger partial charge on any atom is 0.240 e. The van der Waals surface area contributed by atoms with E-state index in [1.54, 1.807) is 4.90 Å². The van der Waals surface area contributed by atoms with Crippen LogP contribution in [-0.2, 0) is 19.1 Å². The highest BCUT2D eigenvalue weighted by Crippen LogP contribution is 2.26. The molecule has 26 heavy (non-hydrogen) atoms. The van der Waals surface area contributed by atoms with Gasteiger partial charge >= 0.3 is 0 Å². The summed E-state index contributed by atoms with van der Waals surface area (Å²) in [6.45, 7) is 3.50. The monoisotopic (exact) mass is 366 g/mol. The van der Waals surface area contributed by atoms with Crippen molar-refractivity contribution in [2.45, 2.75) is 50.6 Å². The second kappa shape index (κ2) is 8.81. The molecule has 2 aliphatic heterocycles. The van der Waals surface area contributed by atoms with Gasteiger partial charge in [-0.3, -0.25) is 14.4 Å². The first-order valence-corrected chi connectivity index (χ1v) is 9.75. The topological polar surface area (TPSA) is 105 Å². The average Bonchev–Trinajstić information content (AvgIpc) is 3.17. The van der Waals surface area contributed by atoms with E-state index in [4.69, 9.17) is 10.5 Å². The molecule has 0 aromatic rings. The van der Waals surface area contributed by atoms with Gasteiger partial charge in [-0.05, 0) is 38.5 Å². The Bertz CT molecular complexity index is 527. The molecule has 0 aromatic carbocycles. The van der Waals surface area contributed by atoms with E-state index in [-0.39, 0.29) is 30.3 Å². The zero-order valence-corrected chi connectivity index (χ0v) is 15.3. The average molecular weight is 366 g/mol. The second-order valence-electron chi connectivity index (χ2n) is 7.51. The first-order chi connectivity index (χ1) is 12.6. The fraction of sp³-hybridized carbons (Fsp3) is 0.833. The third kappa shape index (κ3) is 4.54. The van der Waals surface area contributed by atoms with Crippen molar-refractivity contribution in [1.29, 1.82) is 0 Å². The van der Waals surface area contributed by atoms with Crippen LogP contribution in [0.1, 0.15) is 38.5 Å². The summed E-state index contributed by atoms with van der Waals surface area (Å²) in [5.74, 6) is -0.125. The number of hydrogen-bond acceptors (Lipinski definition) is 5. The van der Waals surface area contributed by atoms with Gasteiger partial charge in [-0.2, -0.15) is 0 Å². The van der Waals surface area contributed by atoms with Crippen molar-refractivity contribution >= 4 is 17.7 Å². The first-order valence-electron chi connectivity index (χ1n) is 9.75. The van der Waals surface area contributed by atoms with Crippen molar-refractivity contribution in [2.24, 2.45) is 11.7 Å². The number of likely N-dealkylation sites (tertiary alicyclic amines) is 1. The van der Waals surface area contributed by atoms with Crippen LogP contribution < -0.4 is 11.1 Å². The quantitative estimate of drug-likeness (QED) is 0.681. The zero-order chi connectivity index (χ0) is 18.5. The molecule has 2 heterocycles. The largest absolute Gasteiger partial charge is 0.378 e. The Balaban J connectivity index is 1.39. The number of ether oxygens (including phenoxy) is 1. The lowest BCUT2D eigenvalue weighted by atomic mass is 9.85. The maximum atomic E-state index is 12.5. The van der Waals surface area contributed by atoms with E-state index >= 15 is 0 Å². The van der Waals surface area contributed by atoms with Gasteiger partial charge in [0.05, 0.1) is 19.8 Å². The third-order valence-corrected chi connectivity index (χ3v) is 5.84. The molecule has 0 spiro atoms. The van der Waals surface area contributed by atoms with Crippen LogP contribution in [0.2, 0.25) is 0 Å². The maximum absolute atomic E-state index is 12.5. The summed E-state index contributed by atoms with van der Waals surface area (Å²) < 4.78 is 5.30. The minimum Gasteiger partial charge on any atom is -0.378 e. The molecule has 3 rings (SSSR count). The molecule has 3 amide bonds. The lowest BCUT2D eigenvalue weighted by Crippen LogP contribution is -2.49. The fourth-order valence-electron chi connectivity index (χ4n) is 4.28. The predicted octanol–water partition coefficient (Wildman–Crippen LogP) is -0.530. The lowest BCUT2D eigenvalue weighted by Gasteiger charge is -2.34. The predicted molar refractivity (Wildman–Crippen MR) is 95.1 cm³/mol. The van der Waals surface area contributed by atoms with E-state index < -0.39 is 11.9 Å². The molecule has 1 atom stereocenters. The zero-order valence-electron chi connectivity index (χ0n) is 15.3. The van der Waals surface area contributed by atoms with Gasteiger partial charge in [-0.25, -0.2) is 0 Å². The van der Waals surface area contributed by atoms with Crippen LogP contribution in [0.4, 0.5) is 0 Å². The Hall–Kier alpha value is -1.67. The van der Waals surface area contributed by atoms with Gasteiger partial charge < -0.3 is 25.6 Å². The number of morpholine rings is 1. The molecule has 3 N–H and O–H groups in total. The standard InChI is InChI=1S/C18H30N4O4/c19-17(24)15-2-1-7-22(15)16(23)12-20-14-5-3-13(4-6-14)18(25)21-8-10-26-11-9-21/h13-15,20H,1-12H2,(H2,19,24)/t13?,14?,15-/m0/s1. The van der Waals surface area contributed by atoms with Crippen LogP contribution in [0.25, 0.3) is 0 Å². The molecule has 8 nitrogen and oxygen atoms in total. The van der Waals surface area contributed by atoms with Gasteiger partial charge in [0.25, 0.3) is 0 Å². The van der Waals surface area contributed by atoms with Crippen molar-refractivity contribution in [3.8, 4) is 0 Å². The molecule has 0 bridgehead atoms. The third-order valence-electron chi connectivity index (χ3n) is 5.84.